The summed E-state index contributed by atoms with van der Waals surface area (Å²) in [5.41, 5.74) is 0. The lowest BCUT2D eigenvalue weighted by atomic mass is 10.2. The van der Waals surface area contributed by atoms with Crippen LogP contribution in [-0.4, -0.2) is 48.3 Å². The van der Waals surface area contributed by atoms with Crippen LogP contribution in [0.25, 0.3) is 0 Å². The van der Waals surface area contributed by atoms with Gasteiger partial charge in [-0.1, -0.05) is 12.8 Å². The van der Waals surface area contributed by atoms with Gasteiger partial charge in [-0.2, -0.15) is 0 Å². The number of hydrogen-bond donors (Lipinski definition) is 4. The Kier molecular flexibility index (Phi) is 14.4. The minimum absolute atomic E-state index is 0.0632. The van der Waals surface area contributed by atoms with Crippen molar-refractivity contribution in [2.45, 2.75) is 57.8 Å². The predicted molar refractivity (Wildman–Crippen MR) is 82.6 cm³/mol. The highest BCUT2D eigenvalue weighted by Gasteiger charge is 1.99. The third kappa shape index (κ3) is 18.9. The summed E-state index contributed by atoms with van der Waals surface area (Å²) in [4.78, 5) is 19.6. The molecule has 0 aromatic carbocycles. The minimum Gasteiger partial charge on any atom is -0.481 e. The van der Waals surface area contributed by atoms with Gasteiger partial charge in [0.25, 0.3) is 0 Å². The Morgan fingerprint density at radius 2 is 1.00 bits per heavy atom. The summed E-state index contributed by atoms with van der Waals surface area (Å²) in [5, 5.41) is 22.6. The van der Waals surface area contributed by atoms with Gasteiger partial charge in [-0.3, -0.25) is 9.59 Å². The highest BCUT2D eigenvalue weighted by Crippen LogP contribution is 1.97. The molecule has 0 amide bonds. The number of nitrogens with one attached hydrogen (secondary N) is 2. The SMILES string of the molecule is C1CCNCC1.C1CCNCC1.O=C(O)CCCC(=O)O. The zero-order valence-electron chi connectivity index (χ0n) is 12.9. The van der Waals surface area contributed by atoms with E-state index in [0.29, 0.717) is 0 Å². The van der Waals surface area contributed by atoms with Crippen molar-refractivity contribution in [1.82, 2.24) is 10.6 Å². The van der Waals surface area contributed by atoms with E-state index in [4.69, 9.17) is 10.2 Å². The van der Waals surface area contributed by atoms with Crippen LogP contribution in [0, 0.1) is 0 Å². The molecule has 0 unspecified atom stereocenters. The van der Waals surface area contributed by atoms with Gasteiger partial charge in [0.15, 0.2) is 0 Å². The normalized spacial score (nSPS) is 17.5. The van der Waals surface area contributed by atoms with Crippen molar-refractivity contribution in [2.75, 3.05) is 26.2 Å². The third-order valence-corrected chi connectivity index (χ3v) is 3.20. The number of carboxylic acid groups (broad SMARTS) is 2. The lowest BCUT2D eigenvalue weighted by molar-refractivity contribution is -0.138. The Labute approximate surface area is 127 Å². The second kappa shape index (κ2) is 15.3. The topological polar surface area (TPSA) is 98.7 Å². The number of hydrogen-bond acceptors (Lipinski definition) is 4. The quantitative estimate of drug-likeness (QED) is 0.632. The van der Waals surface area contributed by atoms with Crippen molar-refractivity contribution in [3.8, 4) is 0 Å². The monoisotopic (exact) mass is 302 g/mol. The fourth-order valence-corrected chi connectivity index (χ4v) is 1.99. The van der Waals surface area contributed by atoms with Crippen LogP contribution < -0.4 is 10.6 Å². The standard InChI is InChI=1S/2C5H11N.C5H8O4/c2*1-2-4-6-5-3-1;6-4(7)2-1-3-5(8)9/h2*6H,1-5H2;1-3H2,(H,6,7)(H,8,9). The maximum Gasteiger partial charge on any atom is 0.303 e. The van der Waals surface area contributed by atoms with Crippen LogP contribution in [0.2, 0.25) is 0 Å². The van der Waals surface area contributed by atoms with Crippen molar-refractivity contribution in [3.63, 3.8) is 0 Å². The maximum absolute atomic E-state index is 9.79. The number of rotatable bonds is 4. The summed E-state index contributed by atoms with van der Waals surface area (Å²) in [6.07, 6.45) is 8.52. The second-order valence-electron chi connectivity index (χ2n) is 5.26. The molecule has 0 radical (unpaired) electrons. The van der Waals surface area contributed by atoms with Crippen molar-refractivity contribution < 1.29 is 19.8 Å². The average molecular weight is 302 g/mol. The Morgan fingerprint density at radius 1 is 0.667 bits per heavy atom. The minimum atomic E-state index is -0.948. The largest absolute Gasteiger partial charge is 0.481 e. The molecule has 4 N–H and O–H groups in total. The van der Waals surface area contributed by atoms with Gasteiger partial charge in [-0.05, 0) is 58.3 Å². The first-order valence-corrected chi connectivity index (χ1v) is 7.98. The van der Waals surface area contributed by atoms with Gasteiger partial charge in [0, 0.05) is 12.8 Å². The molecule has 2 saturated heterocycles. The van der Waals surface area contributed by atoms with Crippen LogP contribution in [0.4, 0.5) is 0 Å². The van der Waals surface area contributed by atoms with E-state index in [-0.39, 0.29) is 19.3 Å². The molecule has 2 aliphatic rings. The van der Waals surface area contributed by atoms with Gasteiger partial charge in [0.1, 0.15) is 0 Å². The summed E-state index contributed by atoms with van der Waals surface area (Å²) in [5.74, 6) is -1.90. The first-order valence-electron chi connectivity index (χ1n) is 7.98. The summed E-state index contributed by atoms with van der Waals surface area (Å²) >= 11 is 0. The molecule has 0 aromatic rings. The predicted octanol–water partition coefficient (Wildman–Crippen LogP) is 1.85. The fourth-order valence-electron chi connectivity index (χ4n) is 1.99. The van der Waals surface area contributed by atoms with E-state index in [1.807, 2.05) is 0 Å². The lowest BCUT2D eigenvalue weighted by Gasteiger charge is -2.08. The highest BCUT2D eigenvalue weighted by atomic mass is 16.4. The molecule has 6 nitrogen and oxygen atoms in total. The van der Waals surface area contributed by atoms with Crippen molar-refractivity contribution in [3.05, 3.63) is 0 Å². The van der Waals surface area contributed by atoms with E-state index in [0.717, 1.165) is 0 Å². The van der Waals surface area contributed by atoms with Gasteiger partial charge in [-0.15, -0.1) is 0 Å². The van der Waals surface area contributed by atoms with Gasteiger partial charge < -0.3 is 20.8 Å². The Hall–Kier alpha value is -1.14. The first kappa shape index (κ1) is 19.9. The van der Waals surface area contributed by atoms with Crippen LogP contribution in [0.1, 0.15) is 57.8 Å². The number of piperidine rings is 2. The van der Waals surface area contributed by atoms with E-state index in [9.17, 15) is 9.59 Å². The number of aliphatic carboxylic acids is 2. The van der Waals surface area contributed by atoms with E-state index < -0.39 is 11.9 Å². The molecule has 0 atom stereocenters. The van der Waals surface area contributed by atoms with Gasteiger partial charge >= 0.3 is 11.9 Å². The zero-order chi connectivity index (χ0) is 15.8. The molecule has 0 aromatic heterocycles. The molecule has 2 rings (SSSR count). The molecule has 0 aliphatic carbocycles. The van der Waals surface area contributed by atoms with Crippen LogP contribution in [0.5, 0.6) is 0 Å². The summed E-state index contributed by atoms with van der Waals surface area (Å²) in [7, 11) is 0. The Morgan fingerprint density at radius 3 is 1.14 bits per heavy atom. The fraction of sp³-hybridized carbons (Fsp3) is 0.867. The second-order valence-corrected chi connectivity index (χ2v) is 5.26. The van der Waals surface area contributed by atoms with E-state index in [2.05, 4.69) is 10.6 Å². The maximum atomic E-state index is 9.79. The summed E-state index contributed by atoms with van der Waals surface area (Å²) in [6.45, 7) is 5.00. The molecule has 0 bridgehead atoms. The first-order chi connectivity index (χ1) is 10.1. The molecule has 21 heavy (non-hydrogen) atoms. The molecule has 2 fully saturated rings. The molecule has 124 valence electrons. The molecule has 0 saturated carbocycles. The van der Waals surface area contributed by atoms with Gasteiger partial charge in [-0.25, -0.2) is 0 Å². The van der Waals surface area contributed by atoms with Crippen molar-refractivity contribution in [1.29, 1.82) is 0 Å². The zero-order valence-corrected chi connectivity index (χ0v) is 12.9. The van der Waals surface area contributed by atoms with Gasteiger partial charge in [0.2, 0.25) is 0 Å². The number of carboxylic acids is 2. The molecular weight excluding hydrogens is 272 g/mol. The van der Waals surface area contributed by atoms with Crippen LogP contribution in [0.3, 0.4) is 0 Å². The van der Waals surface area contributed by atoms with E-state index in [1.165, 1.54) is 64.7 Å². The number of carbonyl (C=O) groups is 2. The molecule has 2 heterocycles. The van der Waals surface area contributed by atoms with E-state index >= 15 is 0 Å². The summed E-state index contributed by atoms with van der Waals surface area (Å²) < 4.78 is 0. The highest BCUT2D eigenvalue weighted by molar-refractivity contribution is 5.69. The Balaban J connectivity index is 0.000000293. The smallest absolute Gasteiger partial charge is 0.303 e. The molecule has 6 heteroatoms. The molecule has 2 aliphatic heterocycles. The average Bonchev–Trinajstić information content (AvgIpc) is 2.51. The third-order valence-electron chi connectivity index (χ3n) is 3.20. The van der Waals surface area contributed by atoms with Crippen molar-refractivity contribution in [2.24, 2.45) is 0 Å². The van der Waals surface area contributed by atoms with Crippen LogP contribution >= 0.6 is 0 Å². The Bertz CT molecular complexity index is 215. The van der Waals surface area contributed by atoms with E-state index in [1.54, 1.807) is 0 Å². The van der Waals surface area contributed by atoms with Crippen LogP contribution in [-0.2, 0) is 9.59 Å². The summed E-state index contributed by atoms with van der Waals surface area (Å²) in [6, 6.07) is 0. The van der Waals surface area contributed by atoms with Gasteiger partial charge in [0.05, 0.1) is 0 Å². The molecule has 0 spiro atoms. The molecular formula is C15H30N2O4. The van der Waals surface area contributed by atoms with Crippen molar-refractivity contribution >= 4 is 11.9 Å². The van der Waals surface area contributed by atoms with Crippen LogP contribution in [0.15, 0.2) is 0 Å². The lowest BCUT2D eigenvalue weighted by Crippen LogP contribution is -2.21.